The molecule has 0 radical (unpaired) electrons. The number of esters is 1. The summed E-state index contributed by atoms with van der Waals surface area (Å²) in [4.78, 5) is 15.6. The lowest BCUT2D eigenvalue weighted by molar-refractivity contribution is 0.0594. The lowest BCUT2D eigenvalue weighted by Crippen LogP contribution is -2.15. The Bertz CT molecular complexity index is 695. The number of fused-ring (bicyclic) bond motifs is 1. The summed E-state index contributed by atoms with van der Waals surface area (Å²) in [5.41, 5.74) is 7.19. The van der Waals surface area contributed by atoms with Gasteiger partial charge in [0, 0.05) is 23.3 Å². The number of terminal acetylenes is 1. The van der Waals surface area contributed by atoms with Crippen LogP contribution in [0.4, 0.5) is 0 Å². The highest BCUT2D eigenvalue weighted by Gasteiger charge is 2.09. The molecule has 0 saturated heterocycles. The van der Waals surface area contributed by atoms with Crippen LogP contribution in [0, 0.1) is 18.3 Å². The number of hydrogen-bond acceptors (Lipinski definition) is 6. The van der Waals surface area contributed by atoms with Crippen LogP contribution in [0.1, 0.15) is 43.2 Å². The first kappa shape index (κ1) is 25.5. The summed E-state index contributed by atoms with van der Waals surface area (Å²) >= 11 is 0. The summed E-state index contributed by atoms with van der Waals surface area (Å²) in [5.74, 6) is -0.455. The molecule has 0 spiro atoms. The summed E-state index contributed by atoms with van der Waals surface area (Å²) in [7, 11) is 3.13. The van der Waals surface area contributed by atoms with Crippen LogP contribution in [0.5, 0.6) is 0 Å². The fourth-order valence-corrected chi connectivity index (χ4v) is 1.70. The third kappa shape index (κ3) is 8.92. The molecular weight excluding hydrogens is 328 g/mol. The number of carbonyl (C=O) groups is 1. The first-order chi connectivity index (χ1) is 12.5. The maximum absolute atomic E-state index is 11.3. The number of hydrogen-bond donors (Lipinski definition) is 3. The van der Waals surface area contributed by atoms with Crippen molar-refractivity contribution < 1.29 is 9.53 Å². The first-order valence-corrected chi connectivity index (χ1v) is 8.18. The van der Waals surface area contributed by atoms with E-state index in [-0.39, 0.29) is 5.69 Å². The molecule has 0 atom stereocenters. The molecule has 1 aromatic carbocycles. The zero-order valence-electron chi connectivity index (χ0n) is 16.3. The highest BCUT2D eigenvalue weighted by atomic mass is 16.5. The van der Waals surface area contributed by atoms with Crippen LogP contribution in [0.15, 0.2) is 30.3 Å². The van der Waals surface area contributed by atoms with Crippen molar-refractivity contribution in [3.8, 4) is 12.8 Å². The van der Waals surface area contributed by atoms with Gasteiger partial charge in [0.25, 0.3) is 0 Å². The lowest BCUT2D eigenvalue weighted by Gasteiger charge is -2.05. The Hall–Kier alpha value is -2.75. The van der Waals surface area contributed by atoms with Crippen LogP contribution in [-0.2, 0) is 4.74 Å². The molecule has 26 heavy (non-hydrogen) atoms. The van der Waals surface area contributed by atoms with Gasteiger partial charge >= 0.3 is 5.97 Å². The molecule has 0 fully saturated rings. The number of benzene rings is 1. The molecule has 0 unspecified atom stereocenters. The summed E-state index contributed by atoms with van der Waals surface area (Å²) in [6, 6.07) is 8.91. The first-order valence-electron chi connectivity index (χ1n) is 8.18. The van der Waals surface area contributed by atoms with Crippen molar-refractivity contribution in [3.05, 3.63) is 41.6 Å². The molecule has 0 aliphatic carbocycles. The number of nitrogens with zero attached hydrogens (tertiary/aromatic N) is 1. The predicted octanol–water partition coefficient (Wildman–Crippen LogP) is 3.20. The van der Waals surface area contributed by atoms with Gasteiger partial charge in [0.15, 0.2) is 0 Å². The van der Waals surface area contributed by atoms with Crippen molar-refractivity contribution in [3.63, 3.8) is 0 Å². The molecule has 1 heterocycles. The molecule has 2 aromatic rings. The minimum atomic E-state index is -0.455. The quantitative estimate of drug-likeness (QED) is 0.338. The van der Waals surface area contributed by atoms with Gasteiger partial charge in [0.05, 0.1) is 12.6 Å². The maximum Gasteiger partial charge on any atom is 0.356 e. The Morgan fingerprint density at radius 3 is 2.23 bits per heavy atom. The highest BCUT2D eigenvalue weighted by Crippen LogP contribution is 2.18. The van der Waals surface area contributed by atoms with Crippen LogP contribution < -0.4 is 11.1 Å². The highest BCUT2D eigenvalue weighted by molar-refractivity contribution is 6.08. The molecule has 6 nitrogen and oxygen atoms in total. The summed E-state index contributed by atoms with van der Waals surface area (Å²) in [6.07, 6.45) is 9.25. The monoisotopic (exact) mass is 358 g/mol. The van der Waals surface area contributed by atoms with Crippen molar-refractivity contribution in [2.45, 2.75) is 27.2 Å². The molecule has 0 saturated carbocycles. The van der Waals surface area contributed by atoms with E-state index >= 15 is 0 Å². The van der Waals surface area contributed by atoms with Crippen LogP contribution >= 0.6 is 0 Å². The van der Waals surface area contributed by atoms with Crippen LogP contribution in [0.2, 0.25) is 0 Å². The fourth-order valence-electron chi connectivity index (χ4n) is 1.70. The van der Waals surface area contributed by atoms with E-state index < -0.39 is 5.97 Å². The Balaban J connectivity index is 0. The van der Waals surface area contributed by atoms with E-state index in [1.54, 1.807) is 26.1 Å². The van der Waals surface area contributed by atoms with E-state index in [0.29, 0.717) is 17.9 Å². The number of carbonyl (C=O) groups excluding carboxylic acids is 1. The minimum absolute atomic E-state index is 0.278. The number of rotatable bonds is 3. The van der Waals surface area contributed by atoms with Crippen molar-refractivity contribution in [1.82, 2.24) is 10.3 Å². The molecular formula is C20H30N4O2. The van der Waals surface area contributed by atoms with Crippen molar-refractivity contribution in [1.29, 1.82) is 5.41 Å². The molecule has 0 aliphatic heterocycles. The second-order valence-electron chi connectivity index (χ2n) is 4.95. The maximum atomic E-state index is 11.3. The van der Waals surface area contributed by atoms with Crippen molar-refractivity contribution >= 4 is 22.6 Å². The Kier molecular flexibility index (Phi) is 15.4. The van der Waals surface area contributed by atoms with Crippen LogP contribution in [-0.4, -0.2) is 37.5 Å². The van der Waals surface area contributed by atoms with E-state index in [2.05, 4.69) is 41.7 Å². The van der Waals surface area contributed by atoms with E-state index in [1.807, 2.05) is 18.2 Å². The fraction of sp³-hybridized carbons (Fsp3) is 0.350. The zero-order valence-corrected chi connectivity index (χ0v) is 16.3. The van der Waals surface area contributed by atoms with Crippen molar-refractivity contribution in [2.75, 3.05) is 20.8 Å². The molecule has 2 rings (SSSR count). The molecule has 4 N–H and O–H groups in total. The normalized spacial score (nSPS) is 8.62. The topological polar surface area (TPSA) is 101 Å². The second-order valence-corrected chi connectivity index (χ2v) is 4.95. The number of pyridine rings is 1. The van der Waals surface area contributed by atoms with Gasteiger partial charge in [-0.15, -0.1) is 12.8 Å². The van der Waals surface area contributed by atoms with Gasteiger partial charge in [0.2, 0.25) is 0 Å². The number of ether oxygens (including phenoxy) is 1. The van der Waals surface area contributed by atoms with Gasteiger partial charge in [-0.1, -0.05) is 32.4 Å². The molecule has 1 aromatic heterocycles. The lowest BCUT2D eigenvalue weighted by atomic mass is 10.0. The molecule has 0 aliphatic rings. The van der Waals surface area contributed by atoms with Gasteiger partial charge in [-0.3, -0.25) is 0 Å². The average molecular weight is 358 g/mol. The van der Waals surface area contributed by atoms with Crippen LogP contribution in [0.3, 0.4) is 0 Å². The molecule has 0 bridgehead atoms. The average Bonchev–Trinajstić information content (AvgIpc) is 2.68. The Labute approximate surface area is 156 Å². The standard InChI is InChI=1S/C13H12N2O2.C3H8.C2H8N2.C2H2/c1-8(14)9-4-3-5-11-10(9)6-7-12(15-11)13(16)17-2;1-3-2;1-4-2-3;1-2/h3-7,14H,1-2H3;3H2,1-2H3;4H,2-3H2,1H3;1-2H. The largest absolute Gasteiger partial charge is 0.464 e. The predicted molar refractivity (Wildman–Crippen MR) is 110 cm³/mol. The summed E-state index contributed by atoms with van der Waals surface area (Å²) in [5, 5.41) is 11.2. The zero-order chi connectivity index (χ0) is 20.5. The molecule has 142 valence electrons. The van der Waals surface area contributed by atoms with Gasteiger partial charge in [-0.2, -0.15) is 0 Å². The third-order valence-electron chi connectivity index (χ3n) is 2.73. The smallest absolute Gasteiger partial charge is 0.356 e. The van der Waals surface area contributed by atoms with E-state index in [1.165, 1.54) is 13.5 Å². The minimum Gasteiger partial charge on any atom is -0.464 e. The Morgan fingerprint density at radius 1 is 1.27 bits per heavy atom. The van der Waals surface area contributed by atoms with Crippen LogP contribution in [0.25, 0.3) is 10.9 Å². The number of aromatic nitrogens is 1. The molecule has 0 amide bonds. The number of methoxy groups -OCH3 is 1. The number of nitrogens with two attached hydrogens (primary N) is 1. The van der Waals surface area contributed by atoms with Gasteiger partial charge in [-0.05, 0) is 32.2 Å². The van der Waals surface area contributed by atoms with Crippen molar-refractivity contribution in [2.24, 2.45) is 5.73 Å². The molecule has 6 heteroatoms. The SMILES string of the molecule is C#C.CCC.CNCN.COC(=O)c1ccc2c(C(C)=N)cccc2n1. The van der Waals surface area contributed by atoms with E-state index in [4.69, 9.17) is 11.1 Å². The van der Waals surface area contributed by atoms with Gasteiger partial charge in [0.1, 0.15) is 5.69 Å². The Morgan fingerprint density at radius 2 is 1.81 bits per heavy atom. The van der Waals surface area contributed by atoms with Gasteiger partial charge < -0.3 is 21.2 Å². The summed E-state index contributed by atoms with van der Waals surface area (Å²) < 4.78 is 4.62. The van der Waals surface area contributed by atoms with E-state index in [0.717, 1.165) is 10.9 Å². The number of nitrogens with one attached hydrogen (secondary N) is 2. The van der Waals surface area contributed by atoms with E-state index in [9.17, 15) is 4.79 Å². The summed E-state index contributed by atoms with van der Waals surface area (Å²) in [6.45, 7) is 6.54. The third-order valence-corrected chi connectivity index (χ3v) is 2.73. The second kappa shape index (κ2) is 15.8. The van der Waals surface area contributed by atoms with Gasteiger partial charge in [-0.25, -0.2) is 9.78 Å².